The molecule has 7 heteroatoms. The largest absolute Gasteiger partial charge is 0.486 e. The molecule has 4 aromatic rings. The lowest BCUT2D eigenvalue weighted by Gasteiger charge is -2.38. The molecule has 0 bridgehead atoms. The Bertz CT molecular complexity index is 1520. The number of aryl methyl sites for hydroxylation is 2. The van der Waals surface area contributed by atoms with Crippen LogP contribution in [0, 0.1) is 19.8 Å². The summed E-state index contributed by atoms with van der Waals surface area (Å²) in [5.41, 5.74) is 6.89. The van der Waals surface area contributed by atoms with Gasteiger partial charge in [-0.05, 0) is 79.6 Å². The predicted molar refractivity (Wildman–Crippen MR) is 153 cm³/mol. The standard InChI is InChI=1S/C32H31N3O3S/c1-20-6-8-23(9-7-20)30-27-17-26(13-12-22(27)14-15-35(30)32(37)24-10-11-24)38-18-29-34-28(19-39-29)31(36)33-25-5-3-4-21(2)16-25/h3-9,12-13,16-17,19,24,30H,10-11,14-15,18H2,1-2H3,(H,33,36)/t30-/m0/s1. The summed E-state index contributed by atoms with van der Waals surface area (Å²) in [6.45, 7) is 5.06. The van der Waals surface area contributed by atoms with Crippen LogP contribution in [0.15, 0.2) is 72.1 Å². The van der Waals surface area contributed by atoms with E-state index in [0.29, 0.717) is 5.69 Å². The monoisotopic (exact) mass is 537 g/mol. The van der Waals surface area contributed by atoms with Gasteiger partial charge in [0.25, 0.3) is 5.91 Å². The number of anilines is 1. The predicted octanol–water partition coefficient (Wildman–Crippen LogP) is 6.48. The van der Waals surface area contributed by atoms with Crippen molar-refractivity contribution in [3.8, 4) is 5.75 Å². The summed E-state index contributed by atoms with van der Waals surface area (Å²) >= 11 is 1.40. The van der Waals surface area contributed by atoms with E-state index in [1.165, 1.54) is 22.5 Å². The molecule has 1 aromatic heterocycles. The Hall–Kier alpha value is -3.97. The number of amides is 2. The molecule has 2 aliphatic rings. The molecule has 0 spiro atoms. The smallest absolute Gasteiger partial charge is 0.275 e. The Labute approximate surface area is 232 Å². The average molecular weight is 538 g/mol. The van der Waals surface area contributed by atoms with Crippen LogP contribution in [0.1, 0.15) is 62.2 Å². The fourth-order valence-corrected chi connectivity index (χ4v) is 5.82. The van der Waals surface area contributed by atoms with E-state index in [1.807, 2.05) is 37.3 Å². The Morgan fingerprint density at radius 1 is 1.03 bits per heavy atom. The summed E-state index contributed by atoms with van der Waals surface area (Å²) in [4.78, 5) is 32.5. The van der Waals surface area contributed by atoms with Crippen molar-refractivity contribution in [1.82, 2.24) is 9.88 Å². The third-order valence-corrected chi connectivity index (χ3v) is 8.19. The van der Waals surface area contributed by atoms with Crippen LogP contribution >= 0.6 is 11.3 Å². The first kappa shape index (κ1) is 25.3. The lowest BCUT2D eigenvalue weighted by molar-refractivity contribution is -0.134. The van der Waals surface area contributed by atoms with Gasteiger partial charge in [-0.25, -0.2) is 4.98 Å². The Kier molecular flexibility index (Phi) is 6.92. The summed E-state index contributed by atoms with van der Waals surface area (Å²) in [5, 5.41) is 5.38. The number of carbonyl (C=O) groups is 2. The van der Waals surface area contributed by atoms with Gasteiger partial charge in [0.05, 0.1) is 6.04 Å². The Balaban J connectivity index is 1.19. The van der Waals surface area contributed by atoms with Gasteiger partial charge in [0.1, 0.15) is 23.1 Å². The van der Waals surface area contributed by atoms with Gasteiger partial charge in [0, 0.05) is 23.5 Å². The van der Waals surface area contributed by atoms with Gasteiger partial charge in [-0.15, -0.1) is 11.3 Å². The first-order chi connectivity index (χ1) is 18.9. The maximum absolute atomic E-state index is 13.3. The maximum Gasteiger partial charge on any atom is 0.275 e. The molecule has 39 heavy (non-hydrogen) atoms. The number of carbonyl (C=O) groups excluding carboxylic acids is 2. The van der Waals surface area contributed by atoms with Gasteiger partial charge >= 0.3 is 0 Å². The molecule has 0 radical (unpaired) electrons. The van der Waals surface area contributed by atoms with Crippen LogP contribution < -0.4 is 10.1 Å². The topological polar surface area (TPSA) is 71.5 Å². The highest BCUT2D eigenvalue weighted by Gasteiger charge is 2.39. The zero-order valence-corrected chi connectivity index (χ0v) is 23.0. The number of hydrogen-bond acceptors (Lipinski definition) is 5. The molecule has 0 unspecified atom stereocenters. The van der Waals surface area contributed by atoms with E-state index in [1.54, 1.807) is 5.38 Å². The maximum atomic E-state index is 13.3. The van der Waals surface area contributed by atoms with E-state index in [9.17, 15) is 9.59 Å². The first-order valence-corrected chi connectivity index (χ1v) is 14.3. The first-order valence-electron chi connectivity index (χ1n) is 13.4. The molecule has 1 aliphatic carbocycles. The molecule has 2 heterocycles. The van der Waals surface area contributed by atoms with E-state index in [-0.39, 0.29) is 30.4 Å². The number of ether oxygens (including phenoxy) is 1. The fraction of sp³-hybridized carbons (Fsp3) is 0.281. The summed E-state index contributed by atoms with van der Waals surface area (Å²) in [6.07, 6.45) is 2.82. The zero-order valence-electron chi connectivity index (χ0n) is 22.1. The van der Waals surface area contributed by atoms with Crippen molar-refractivity contribution in [1.29, 1.82) is 0 Å². The number of nitrogens with zero attached hydrogens (tertiary/aromatic N) is 2. The number of rotatable bonds is 7. The van der Waals surface area contributed by atoms with Crippen molar-refractivity contribution in [3.05, 3.63) is 111 Å². The molecule has 6 rings (SSSR count). The van der Waals surface area contributed by atoms with Gasteiger partial charge in [0.15, 0.2) is 0 Å². The number of benzene rings is 3. The molecule has 1 fully saturated rings. The molecule has 3 aromatic carbocycles. The Morgan fingerprint density at radius 2 is 1.85 bits per heavy atom. The second-order valence-electron chi connectivity index (χ2n) is 10.5. The van der Waals surface area contributed by atoms with Crippen molar-refractivity contribution < 1.29 is 14.3 Å². The van der Waals surface area contributed by atoms with E-state index < -0.39 is 0 Å². The highest BCUT2D eigenvalue weighted by Crippen LogP contribution is 2.41. The molecule has 0 saturated heterocycles. The molecule has 198 valence electrons. The third-order valence-electron chi connectivity index (χ3n) is 7.37. The molecule has 6 nitrogen and oxygen atoms in total. The van der Waals surface area contributed by atoms with Crippen LogP contribution in [0.25, 0.3) is 0 Å². The molecule has 1 atom stereocenters. The minimum Gasteiger partial charge on any atom is -0.486 e. The second kappa shape index (κ2) is 10.7. The molecular weight excluding hydrogens is 506 g/mol. The normalized spacial score (nSPS) is 16.5. The van der Waals surface area contributed by atoms with E-state index >= 15 is 0 Å². The highest BCUT2D eigenvalue weighted by atomic mass is 32.1. The van der Waals surface area contributed by atoms with E-state index in [0.717, 1.165) is 58.9 Å². The number of aromatic nitrogens is 1. The van der Waals surface area contributed by atoms with Crippen LogP contribution in [0.2, 0.25) is 0 Å². The lowest BCUT2D eigenvalue weighted by Crippen LogP contribution is -2.41. The van der Waals surface area contributed by atoms with Crippen LogP contribution in [0.4, 0.5) is 5.69 Å². The van der Waals surface area contributed by atoms with Crippen LogP contribution in [0.5, 0.6) is 5.75 Å². The molecule has 2 amide bonds. The fourth-order valence-electron chi connectivity index (χ4n) is 5.14. The van der Waals surface area contributed by atoms with E-state index in [4.69, 9.17) is 4.74 Å². The summed E-state index contributed by atoms with van der Waals surface area (Å²) in [6, 6.07) is 22.2. The van der Waals surface area contributed by atoms with Gasteiger partial charge in [-0.1, -0.05) is 48.0 Å². The number of nitrogens with one attached hydrogen (secondary N) is 1. The van der Waals surface area contributed by atoms with Gasteiger partial charge in [-0.3, -0.25) is 9.59 Å². The van der Waals surface area contributed by atoms with Crippen LogP contribution in [0.3, 0.4) is 0 Å². The molecular formula is C32H31N3O3S. The van der Waals surface area contributed by atoms with Crippen molar-refractivity contribution in [2.24, 2.45) is 5.92 Å². The summed E-state index contributed by atoms with van der Waals surface area (Å²) in [7, 11) is 0. The summed E-state index contributed by atoms with van der Waals surface area (Å²) in [5.74, 6) is 0.920. The molecule has 1 N–H and O–H groups in total. The van der Waals surface area contributed by atoms with Crippen molar-refractivity contribution in [3.63, 3.8) is 0 Å². The number of fused-ring (bicyclic) bond motifs is 1. The minimum absolute atomic E-state index is 0.122. The number of hydrogen-bond donors (Lipinski definition) is 1. The average Bonchev–Trinajstić information content (AvgIpc) is 3.68. The molecule has 1 aliphatic heterocycles. The SMILES string of the molecule is Cc1ccc([C@H]2c3cc(OCc4nc(C(=O)Nc5cccc(C)c5)cs4)ccc3CCN2C(=O)C2CC2)cc1. The number of thiazole rings is 1. The zero-order chi connectivity index (χ0) is 26.9. The Morgan fingerprint density at radius 3 is 2.62 bits per heavy atom. The van der Waals surface area contributed by atoms with Crippen LogP contribution in [-0.2, 0) is 17.8 Å². The van der Waals surface area contributed by atoms with Crippen molar-refractivity contribution in [2.45, 2.75) is 45.8 Å². The third kappa shape index (κ3) is 5.59. The van der Waals surface area contributed by atoms with Crippen LogP contribution in [-0.4, -0.2) is 28.2 Å². The highest BCUT2D eigenvalue weighted by molar-refractivity contribution is 7.09. The summed E-state index contributed by atoms with van der Waals surface area (Å²) < 4.78 is 6.16. The lowest BCUT2D eigenvalue weighted by atomic mass is 9.87. The van der Waals surface area contributed by atoms with Crippen molar-refractivity contribution in [2.75, 3.05) is 11.9 Å². The minimum atomic E-state index is -0.238. The van der Waals surface area contributed by atoms with Gasteiger partial charge in [-0.2, -0.15) is 0 Å². The van der Waals surface area contributed by atoms with Gasteiger partial charge < -0.3 is 15.0 Å². The van der Waals surface area contributed by atoms with Gasteiger partial charge in [0.2, 0.25) is 5.91 Å². The second-order valence-corrected chi connectivity index (χ2v) is 11.4. The molecule has 1 saturated carbocycles. The quantitative estimate of drug-likeness (QED) is 0.293. The van der Waals surface area contributed by atoms with E-state index in [2.05, 4.69) is 58.5 Å². The van der Waals surface area contributed by atoms with Crippen molar-refractivity contribution >= 4 is 28.8 Å².